The smallest absolute Gasteiger partial charge is 0.263 e. The van der Waals surface area contributed by atoms with Gasteiger partial charge in [-0.3, -0.25) is 4.72 Å². The van der Waals surface area contributed by atoms with E-state index in [9.17, 15) is 8.42 Å². The van der Waals surface area contributed by atoms with Crippen molar-refractivity contribution in [3.63, 3.8) is 0 Å². The van der Waals surface area contributed by atoms with Crippen LogP contribution in [0.2, 0.25) is 5.02 Å². The second-order valence-corrected chi connectivity index (χ2v) is 6.13. The van der Waals surface area contributed by atoms with Crippen molar-refractivity contribution < 1.29 is 8.42 Å². The Bertz CT molecular complexity index is 798. The maximum atomic E-state index is 12.2. The Hall–Kier alpha value is -2.30. The standard InChI is InChI=1S/C13H11ClN4O2S/c1-16-13-5-3-10(8-17-13)21(19,20)18-12-4-2-9(7-15)6-11(12)14/h2-6,8,18H,1H3,(H,16,17). The molecule has 0 spiro atoms. The lowest BCUT2D eigenvalue weighted by atomic mass is 10.2. The van der Waals surface area contributed by atoms with Gasteiger partial charge >= 0.3 is 0 Å². The first-order valence-corrected chi connectivity index (χ1v) is 7.68. The third-order valence-electron chi connectivity index (χ3n) is 2.65. The Balaban J connectivity index is 2.30. The number of anilines is 2. The molecule has 0 saturated carbocycles. The van der Waals surface area contributed by atoms with Gasteiger partial charge in [-0.05, 0) is 30.3 Å². The normalized spacial score (nSPS) is 10.7. The molecule has 0 aliphatic heterocycles. The van der Waals surface area contributed by atoms with Crippen molar-refractivity contribution in [3.05, 3.63) is 47.1 Å². The Morgan fingerprint density at radius 1 is 1.29 bits per heavy atom. The Kier molecular flexibility index (Phi) is 4.31. The largest absolute Gasteiger partial charge is 0.373 e. The fourth-order valence-corrected chi connectivity index (χ4v) is 2.87. The van der Waals surface area contributed by atoms with Crippen molar-refractivity contribution in [1.82, 2.24) is 4.98 Å². The van der Waals surface area contributed by atoms with Crippen LogP contribution in [0, 0.1) is 11.3 Å². The Labute approximate surface area is 127 Å². The lowest BCUT2D eigenvalue weighted by Crippen LogP contribution is -2.13. The van der Waals surface area contributed by atoms with Gasteiger partial charge in [0.05, 0.1) is 22.3 Å². The summed E-state index contributed by atoms with van der Waals surface area (Å²) in [5.41, 5.74) is 0.552. The summed E-state index contributed by atoms with van der Waals surface area (Å²) in [4.78, 5) is 3.96. The number of hydrogen-bond donors (Lipinski definition) is 2. The van der Waals surface area contributed by atoms with Crippen LogP contribution in [0.1, 0.15) is 5.56 Å². The van der Waals surface area contributed by atoms with Crippen LogP contribution in [-0.4, -0.2) is 20.4 Å². The molecule has 1 heterocycles. The second-order valence-electron chi connectivity index (χ2n) is 4.04. The lowest BCUT2D eigenvalue weighted by Gasteiger charge is -2.10. The summed E-state index contributed by atoms with van der Waals surface area (Å²) >= 11 is 5.95. The van der Waals surface area contributed by atoms with Crippen LogP contribution >= 0.6 is 11.6 Å². The molecule has 0 bridgehead atoms. The first-order valence-electron chi connectivity index (χ1n) is 5.82. The van der Waals surface area contributed by atoms with Crippen molar-refractivity contribution in [2.45, 2.75) is 4.90 Å². The van der Waals surface area contributed by atoms with Crippen LogP contribution < -0.4 is 10.0 Å². The average molecular weight is 323 g/mol. The van der Waals surface area contributed by atoms with E-state index in [0.717, 1.165) is 0 Å². The maximum absolute atomic E-state index is 12.2. The van der Waals surface area contributed by atoms with Crippen LogP contribution in [0.3, 0.4) is 0 Å². The highest BCUT2D eigenvalue weighted by atomic mass is 35.5. The molecule has 1 aromatic carbocycles. The van der Waals surface area contributed by atoms with Crippen molar-refractivity contribution in [1.29, 1.82) is 5.26 Å². The van der Waals surface area contributed by atoms with Gasteiger partial charge in [-0.25, -0.2) is 13.4 Å². The summed E-state index contributed by atoms with van der Waals surface area (Å²) in [5.74, 6) is 0.561. The zero-order valence-corrected chi connectivity index (χ0v) is 12.5. The minimum Gasteiger partial charge on any atom is -0.373 e. The molecule has 1 aromatic heterocycles. The molecule has 0 radical (unpaired) electrons. The molecule has 0 amide bonds. The molecule has 0 saturated heterocycles. The Morgan fingerprint density at radius 2 is 2.05 bits per heavy atom. The number of benzene rings is 1. The van der Waals surface area contributed by atoms with E-state index in [1.807, 2.05) is 6.07 Å². The minimum absolute atomic E-state index is 0.0157. The van der Waals surface area contributed by atoms with E-state index in [4.69, 9.17) is 16.9 Å². The van der Waals surface area contributed by atoms with Crippen molar-refractivity contribution in [3.8, 4) is 6.07 Å². The fraction of sp³-hybridized carbons (Fsp3) is 0.0769. The molecule has 2 aromatic rings. The molecule has 0 aliphatic rings. The van der Waals surface area contributed by atoms with Gasteiger partial charge in [0.1, 0.15) is 10.7 Å². The van der Waals surface area contributed by atoms with Crippen LogP contribution in [0.15, 0.2) is 41.4 Å². The summed E-state index contributed by atoms with van der Waals surface area (Å²) in [7, 11) is -2.10. The van der Waals surface area contributed by atoms with E-state index >= 15 is 0 Å². The summed E-state index contributed by atoms with van der Waals surface area (Å²) < 4.78 is 26.8. The van der Waals surface area contributed by atoms with Crippen molar-refractivity contribution in [2.24, 2.45) is 0 Å². The van der Waals surface area contributed by atoms with E-state index < -0.39 is 10.0 Å². The van der Waals surface area contributed by atoms with Crippen LogP contribution in [0.5, 0.6) is 0 Å². The number of nitrogens with one attached hydrogen (secondary N) is 2. The number of sulfonamides is 1. The van der Waals surface area contributed by atoms with Crippen LogP contribution in [-0.2, 0) is 10.0 Å². The van der Waals surface area contributed by atoms with Gasteiger partial charge in [-0.1, -0.05) is 11.6 Å². The number of nitriles is 1. The van der Waals surface area contributed by atoms with Gasteiger partial charge in [-0.2, -0.15) is 5.26 Å². The average Bonchev–Trinajstić information content (AvgIpc) is 2.49. The van der Waals surface area contributed by atoms with Crippen LogP contribution in [0.25, 0.3) is 0 Å². The molecular formula is C13H11ClN4O2S. The van der Waals surface area contributed by atoms with Gasteiger partial charge in [0.2, 0.25) is 0 Å². The number of hydrogen-bond acceptors (Lipinski definition) is 5. The first-order chi connectivity index (χ1) is 9.96. The third-order valence-corrected chi connectivity index (χ3v) is 4.31. The van der Waals surface area contributed by atoms with Gasteiger partial charge < -0.3 is 5.32 Å². The monoisotopic (exact) mass is 322 g/mol. The number of pyridine rings is 1. The number of aromatic nitrogens is 1. The molecule has 0 aliphatic carbocycles. The summed E-state index contributed by atoms with van der Waals surface area (Å²) in [5, 5.41) is 11.7. The molecule has 0 unspecified atom stereocenters. The first kappa shape index (κ1) is 15.1. The molecule has 21 heavy (non-hydrogen) atoms. The van der Waals surface area contributed by atoms with Crippen LogP contribution in [0.4, 0.5) is 11.5 Å². The number of halogens is 1. The van der Waals surface area contributed by atoms with Crippen molar-refractivity contribution in [2.75, 3.05) is 17.1 Å². The van der Waals surface area contributed by atoms with Gasteiger partial charge in [0, 0.05) is 13.2 Å². The molecule has 0 fully saturated rings. The zero-order valence-electron chi connectivity index (χ0n) is 11.0. The number of rotatable bonds is 4. The molecular weight excluding hydrogens is 312 g/mol. The molecule has 6 nitrogen and oxygen atoms in total. The zero-order chi connectivity index (χ0) is 15.5. The minimum atomic E-state index is -3.79. The van der Waals surface area contributed by atoms with Gasteiger partial charge in [0.15, 0.2) is 0 Å². The molecule has 2 N–H and O–H groups in total. The molecule has 108 valence electrons. The van der Waals surface area contributed by atoms with E-state index in [2.05, 4.69) is 15.0 Å². The van der Waals surface area contributed by atoms with E-state index in [0.29, 0.717) is 11.4 Å². The fourth-order valence-electron chi connectivity index (χ4n) is 1.56. The second kappa shape index (κ2) is 5.99. The Morgan fingerprint density at radius 3 is 2.57 bits per heavy atom. The summed E-state index contributed by atoms with van der Waals surface area (Å²) in [6, 6.07) is 9.21. The van der Waals surface area contributed by atoms with E-state index in [1.54, 1.807) is 13.1 Å². The highest BCUT2D eigenvalue weighted by Crippen LogP contribution is 2.25. The highest BCUT2D eigenvalue weighted by molar-refractivity contribution is 7.92. The molecule has 2 rings (SSSR count). The topological polar surface area (TPSA) is 94.9 Å². The SMILES string of the molecule is CNc1ccc(S(=O)(=O)Nc2ccc(C#N)cc2Cl)cn1. The number of nitrogens with zero attached hydrogens (tertiary/aromatic N) is 2. The van der Waals surface area contributed by atoms with Gasteiger partial charge in [-0.15, -0.1) is 0 Å². The van der Waals surface area contributed by atoms with Crippen molar-refractivity contribution >= 4 is 33.1 Å². The molecule has 8 heteroatoms. The highest BCUT2D eigenvalue weighted by Gasteiger charge is 2.16. The third kappa shape index (κ3) is 3.42. The van der Waals surface area contributed by atoms with Gasteiger partial charge in [0.25, 0.3) is 10.0 Å². The summed E-state index contributed by atoms with van der Waals surface area (Å²) in [6.45, 7) is 0. The maximum Gasteiger partial charge on any atom is 0.263 e. The van der Waals surface area contributed by atoms with E-state index in [1.165, 1.54) is 30.5 Å². The van der Waals surface area contributed by atoms with E-state index in [-0.39, 0.29) is 15.6 Å². The molecule has 0 atom stereocenters. The summed E-state index contributed by atoms with van der Waals surface area (Å²) in [6.07, 6.45) is 1.24. The predicted molar refractivity (Wildman–Crippen MR) is 80.8 cm³/mol. The predicted octanol–water partition coefficient (Wildman–Crippen LogP) is 2.45. The lowest BCUT2D eigenvalue weighted by molar-refractivity contribution is 0.601. The quantitative estimate of drug-likeness (QED) is 0.901.